The first-order chi connectivity index (χ1) is 26.1. The molecule has 0 aromatic rings. The van der Waals surface area contributed by atoms with Crippen LogP contribution < -0.4 is 5.73 Å². The van der Waals surface area contributed by atoms with E-state index in [1.807, 2.05) is 12.2 Å². The maximum Gasteiger partial charge on any atom is 0.472 e. The molecule has 0 bridgehead atoms. The van der Waals surface area contributed by atoms with Gasteiger partial charge in [0.05, 0.1) is 13.2 Å². The van der Waals surface area contributed by atoms with Crippen LogP contribution in [0.4, 0.5) is 0 Å². The molecule has 0 heterocycles. The van der Waals surface area contributed by atoms with Gasteiger partial charge in [0, 0.05) is 12.8 Å². The highest BCUT2D eigenvalue weighted by Gasteiger charge is 2.28. The maximum absolute atomic E-state index is 12.6. The predicted molar refractivity (Wildman–Crippen MR) is 217 cm³/mol. The van der Waals surface area contributed by atoms with E-state index in [9.17, 15) is 23.8 Å². The number of unbranched alkanes of at least 4 members (excludes halogenated alkanes) is 22. The van der Waals surface area contributed by atoms with Crippen LogP contribution in [0.1, 0.15) is 194 Å². The molecule has 0 radical (unpaired) electrons. The van der Waals surface area contributed by atoms with Crippen LogP contribution in [0.25, 0.3) is 0 Å². The minimum Gasteiger partial charge on any atom is -0.480 e. The monoisotopic (exact) mass is 788 g/mol. The number of phosphoric ester groups is 1. The summed E-state index contributed by atoms with van der Waals surface area (Å²) in [6.45, 7) is 2.73. The number of carbonyl (C=O) groups is 3. The van der Waals surface area contributed by atoms with Gasteiger partial charge in [-0.05, 0) is 38.5 Å². The number of hydrogen-bond donors (Lipinski definition) is 3. The number of hydrogen-bond acceptors (Lipinski definition) is 9. The molecule has 0 aromatic heterocycles. The van der Waals surface area contributed by atoms with Gasteiger partial charge in [0.25, 0.3) is 0 Å². The molecule has 0 amide bonds. The molecule has 0 rings (SSSR count). The van der Waals surface area contributed by atoms with Crippen molar-refractivity contribution in [1.29, 1.82) is 0 Å². The summed E-state index contributed by atoms with van der Waals surface area (Å²) in [5.74, 6) is -2.49. The fraction of sp³-hybridized carbons (Fsp3) is 0.833. The van der Waals surface area contributed by atoms with Gasteiger partial charge in [-0.2, -0.15) is 0 Å². The van der Waals surface area contributed by atoms with Gasteiger partial charge in [-0.1, -0.05) is 167 Å². The Kier molecular flexibility index (Phi) is 36.4. The fourth-order valence-corrected chi connectivity index (χ4v) is 6.58. The SMILES string of the molecule is CCCCCCCCCCCCCC=CCCC(=O)OCC(COP(=O)(O)OCC(N)C(=O)O)OC(=O)CCC=CCCCCCCCCCCCCC. The lowest BCUT2D eigenvalue weighted by Crippen LogP contribution is -2.34. The molecule has 316 valence electrons. The third-order valence-corrected chi connectivity index (χ3v) is 10.1. The van der Waals surface area contributed by atoms with Crippen molar-refractivity contribution < 1.29 is 47.5 Å². The molecule has 12 heteroatoms. The van der Waals surface area contributed by atoms with Crippen LogP contribution in [-0.4, -0.2) is 59.9 Å². The standard InChI is InChI=1S/C42H78NO10P/c1-3-5-7-9-11-13-15-17-19-21-23-25-27-29-31-33-40(44)50-35-38(36-51-54(48,49)52-37-39(43)42(46)47)53-41(45)34-32-30-28-26-24-22-20-18-16-14-12-10-8-6-4-2/h27-30,38-39H,3-26,31-37,43H2,1-2H3,(H,46,47)(H,48,49). The van der Waals surface area contributed by atoms with E-state index in [1.165, 1.54) is 128 Å². The predicted octanol–water partition coefficient (Wildman–Crippen LogP) is 11.1. The van der Waals surface area contributed by atoms with Crippen molar-refractivity contribution in [3.8, 4) is 0 Å². The Morgan fingerprint density at radius 2 is 0.926 bits per heavy atom. The summed E-state index contributed by atoms with van der Waals surface area (Å²) in [7, 11) is -4.73. The van der Waals surface area contributed by atoms with E-state index in [1.54, 1.807) is 0 Å². The highest BCUT2D eigenvalue weighted by Crippen LogP contribution is 2.43. The molecule has 0 aliphatic carbocycles. The molecule has 0 aliphatic heterocycles. The summed E-state index contributed by atoms with van der Waals surface area (Å²) in [6.07, 6.45) is 38.4. The van der Waals surface area contributed by atoms with Crippen molar-refractivity contribution in [2.24, 2.45) is 5.73 Å². The Labute approximate surface area is 328 Å². The first-order valence-electron chi connectivity index (χ1n) is 21.4. The average Bonchev–Trinajstić information content (AvgIpc) is 3.14. The molecular weight excluding hydrogens is 709 g/mol. The lowest BCUT2D eigenvalue weighted by Gasteiger charge is -2.20. The van der Waals surface area contributed by atoms with Crippen LogP contribution in [0.15, 0.2) is 24.3 Å². The number of rotatable bonds is 40. The van der Waals surface area contributed by atoms with Gasteiger partial charge in [-0.15, -0.1) is 0 Å². The van der Waals surface area contributed by atoms with E-state index < -0.39 is 51.1 Å². The van der Waals surface area contributed by atoms with Gasteiger partial charge in [0.1, 0.15) is 12.6 Å². The summed E-state index contributed by atoms with van der Waals surface area (Å²) in [4.78, 5) is 45.8. The van der Waals surface area contributed by atoms with Crippen LogP contribution in [0.5, 0.6) is 0 Å². The van der Waals surface area contributed by atoms with Crippen LogP contribution in [0.2, 0.25) is 0 Å². The van der Waals surface area contributed by atoms with E-state index >= 15 is 0 Å². The van der Waals surface area contributed by atoms with Crippen molar-refractivity contribution in [1.82, 2.24) is 0 Å². The highest BCUT2D eigenvalue weighted by atomic mass is 31.2. The van der Waals surface area contributed by atoms with Gasteiger partial charge >= 0.3 is 25.7 Å². The fourth-order valence-electron chi connectivity index (χ4n) is 5.81. The molecule has 0 fully saturated rings. The van der Waals surface area contributed by atoms with E-state index in [2.05, 4.69) is 30.5 Å². The Morgan fingerprint density at radius 1 is 0.556 bits per heavy atom. The molecule has 4 N–H and O–H groups in total. The van der Waals surface area contributed by atoms with Gasteiger partial charge in [-0.3, -0.25) is 23.4 Å². The first kappa shape index (κ1) is 52.0. The molecular formula is C42H78NO10P. The number of esters is 2. The van der Waals surface area contributed by atoms with Gasteiger partial charge in [0.15, 0.2) is 6.10 Å². The van der Waals surface area contributed by atoms with Gasteiger partial charge < -0.3 is 25.2 Å². The third-order valence-electron chi connectivity index (χ3n) is 9.20. The molecule has 0 spiro atoms. The minimum atomic E-state index is -4.73. The van der Waals surface area contributed by atoms with Crippen molar-refractivity contribution in [3.05, 3.63) is 24.3 Å². The number of allylic oxidation sites excluding steroid dienone is 4. The van der Waals surface area contributed by atoms with Gasteiger partial charge in [-0.25, -0.2) is 4.57 Å². The van der Waals surface area contributed by atoms with Crippen molar-refractivity contribution >= 4 is 25.7 Å². The van der Waals surface area contributed by atoms with Crippen LogP contribution in [0.3, 0.4) is 0 Å². The highest BCUT2D eigenvalue weighted by molar-refractivity contribution is 7.47. The lowest BCUT2D eigenvalue weighted by molar-refractivity contribution is -0.161. The summed E-state index contributed by atoms with van der Waals surface area (Å²) in [5.41, 5.74) is 5.32. The second-order valence-corrected chi connectivity index (χ2v) is 15.9. The molecule has 3 atom stereocenters. The molecule has 0 saturated heterocycles. The van der Waals surface area contributed by atoms with Crippen molar-refractivity contribution in [2.45, 2.75) is 206 Å². The summed E-state index contributed by atoms with van der Waals surface area (Å²) in [5, 5.41) is 8.87. The van der Waals surface area contributed by atoms with E-state index in [4.69, 9.17) is 24.8 Å². The molecule has 0 aliphatic rings. The number of carboxylic acids is 1. The molecule has 0 saturated carbocycles. The van der Waals surface area contributed by atoms with Crippen molar-refractivity contribution in [3.63, 3.8) is 0 Å². The lowest BCUT2D eigenvalue weighted by atomic mass is 10.1. The van der Waals surface area contributed by atoms with Crippen LogP contribution in [-0.2, 0) is 37.5 Å². The zero-order chi connectivity index (χ0) is 40.0. The Hall–Kier alpha value is -2.04. The number of carboxylic acid groups (broad SMARTS) is 1. The quantitative estimate of drug-likeness (QED) is 0.0233. The maximum atomic E-state index is 12.6. The van der Waals surface area contributed by atoms with Crippen LogP contribution in [0, 0.1) is 0 Å². The summed E-state index contributed by atoms with van der Waals surface area (Å²) in [6, 6.07) is -1.53. The summed E-state index contributed by atoms with van der Waals surface area (Å²) >= 11 is 0. The normalized spacial score (nSPS) is 14.0. The number of phosphoric acid groups is 1. The topological polar surface area (TPSA) is 172 Å². The molecule has 3 unspecified atom stereocenters. The molecule has 11 nitrogen and oxygen atoms in total. The van der Waals surface area contributed by atoms with E-state index in [-0.39, 0.29) is 19.4 Å². The number of nitrogens with two attached hydrogens (primary N) is 1. The largest absolute Gasteiger partial charge is 0.480 e. The zero-order valence-electron chi connectivity index (χ0n) is 34.1. The average molecular weight is 788 g/mol. The molecule has 0 aromatic carbocycles. The number of aliphatic carboxylic acids is 1. The minimum absolute atomic E-state index is 0.0733. The second-order valence-electron chi connectivity index (χ2n) is 14.5. The zero-order valence-corrected chi connectivity index (χ0v) is 35.0. The third kappa shape index (κ3) is 36.9. The Bertz CT molecular complexity index is 1020. The van der Waals surface area contributed by atoms with Crippen molar-refractivity contribution in [2.75, 3.05) is 19.8 Å². The van der Waals surface area contributed by atoms with Crippen LogP contribution >= 0.6 is 7.82 Å². The van der Waals surface area contributed by atoms with Gasteiger partial charge in [0.2, 0.25) is 0 Å². The Morgan fingerprint density at radius 3 is 1.35 bits per heavy atom. The second kappa shape index (κ2) is 37.9. The molecule has 54 heavy (non-hydrogen) atoms. The summed E-state index contributed by atoms with van der Waals surface area (Å²) < 4.78 is 32.5. The smallest absolute Gasteiger partial charge is 0.472 e. The Balaban J connectivity index is 4.44. The number of carbonyl (C=O) groups excluding carboxylic acids is 2. The van der Waals surface area contributed by atoms with E-state index in [0.29, 0.717) is 12.8 Å². The number of ether oxygens (including phenoxy) is 2. The van der Waals surface area contributed by atoms with E-state index in [0.717, 1.165) is 25.7 Å². The first-order valence-corrected chi connectivity index (χ1v) is 22.9.